The van der Waals surface area contributed by atoms with Crippen LogP contribution in [0, 0.1) is 0 Å². The summed E-state index contributed by atoms with van der Waals surface area (Å²) in [5.41, 5.74) is 0.809. The molecule has 2 aromatic rings. The Labute approximate surface area is 124 Å². The van der Waals surface area contributed by atoms with Gasteiger partial charge in [0, 0.05) is 11.8 Å². The molecular weight excluding hydrogens is 266 g/mol. The first-order valence-corrected chi connectivity index (χ1v) is 6.95. The molecule has 0 radical (unpaired) electrons. The van der Waals surface area contributed by atoms with Crippen molar-refractivity contribution in [2.45, 2.75) is 19.9 Å². The molecule has 2 rings (SSSR count). The summed E-state index contributed by atoms with van der Waals surface area (Å²) in [6, 6.07) is 16.6. The third-order valence-electron chi connectivity index (χ3n) is 2.84. The van der Waals surface area contributed by atoms with Gasteiger partial charge in [-0.25, -0.2) is 4.79 Å². The van der Waals surface area contributed by atoms with E-state index in [1.165, 1.54) is 0 Å². The van der Waals surface area contributed by atoms with Crippen LogP contribution in [0.3, 0.4) is 0 Å². The number of carbonyl (C=O) groups is 1. The number of benzene rings is 2. The van der Waals surface area contributed by atoms with Crippen LogP contribution in [0.15, 0.2) is 54.6 Å². The normalized spacial score (nSPS) is 11.5. The van der Waals surface area contributed by atoms with Gasteiger partial charge in [0.25, 0.3) is 0 Å². The number of esters is 1. The van der Waals surface area contributed by atoms with Gasteiger partial charge in [0.1, 0.15) is 17.5 Å². The average Bonchev–Trinajstić information content (AvgIpc) is 2.49. The molecule has 0 aliphatic carbocycles. The van der Waals surface area contributed by atoms with Crippen molar-refractivity contribution >= 4 is 11.7 Å². The first-order valence-electron chi connectivity index (χ1n) is 6.95. The number of nitrogens with one attached hydrogen (secondary N) is 1. The summed E-state index contributed by atoms with van der Waals surface area (Å²) in [6.45, 7) is 3.93. The highest BCUT2D eigenvalue weighted by Gasteiger charge is 2.13. The average molecular weight is 285 g/mol. The van der Waals surface area contributed by atoms with Crippen LogP contribution >= 0.6 is 0 Å². The second kappa shape index (κ2) is 7.33. The maximum Gasteiger partial charge on any atom is 0.328 e. The number of ether oxygens (including phenoxy) is 2. The van der Waals surface area contributed by atoms with Gasteiger partial charge in [0.2, 0.25) is 0 Å². The lowest BCUT2D eigenvalue weighted by Gasteiger charge is -2.14. The summed E-state index contributed by atoms with van der Waals surface area (Å²) >= 11 is 0. The molecule has 0 saturated heterocycles. The molecule has 21 heavy (non-hydrogen) atoms. The number of hydrogen-bond acceptors (Lipinski definition) is 4. The zero-order chi connectivity index (χ0) is 15.1. The predicted octanol–water partition coefficient (Wildman–Crippen LogP) is 3.84. The standard InChI is InChI=1S/C17H19NO3/c1-3-20-17(19)13(2)18-14-8-7-11-16(12-14)21-15-9-5-4-6-10-15/h4-13,18H,3H2,1-2H3. The van der Waals surface area contributed by atoms with Crippen LogP contribution in [-0.4, -0.2) is 18.6 Å². The van der Waals surface area contributed by atoms with Gasteiger partial charge in [-0.15, -0.1) is 0 Å². The minimum atomic E-state index is -0.406. The summed E-state index contributed by atoms with van der Waals surface area (Å²) in [5, 5.41) is 3.10. The molecule has 1 unspecified atom stereocenters. The van der Waals surface area contributed by atoms with Crippen LogP contribution in [0.4, 0.5) is 5.69 Å². The van der Waals surface area contributed by atoms with E-state index in [2.05, 4.69) is 5.32 Å². The Morgan fingerprint density at radius 3 is 2.52 bits per heavy atom. The molecule has 0 fully saturated rings. The second-order valence-corrected chi connectivity index (χ2v) is 4.56. The van der Waals surface area contributed by atoms with E-state index in [4.69, 9.17) is 9.47 Å². The maximum absolute atomic E-state index is 11.6. The minimum absolute atomic E-state index is 0.271. The molecule has 0 heterocycles. The Balaban J connectivity index is 2.02. The van der Waals surface area contributed by atoms with Gasteiger partial charge in [0.05, 0.1) is 6.61 Å². The maximum atomic E-state index is 11.6. The molecule has 0 bridgehead atoms. The van der Waals surface area contributed by atoms with Crippen LogP contribution in [0.25, 0.3) is 0 Å². The lowest BCUT2D eigenvalue weighted by atomic mass is 10.2. The molecular formula is C17H19NO3. The lowest BCUT2D eigenvalue weighted by Crippen LogP contribution is -2.28. The van der Waals surface area contributed by atoms with Crippen molar-refractivity contribution in [2.24, 2.45) is 0 Å². The van der Waals surface area contributed by atoms with Crippen LogP contribution in [0.2, 0.25) is 0 Å². The summed E-state index contributed by atoms with van der Waals surface area (Å²) in [7, 11) is 0. The van der Waals surface area contributed by atoms with Crippen molar-refractivity contribution in [1.29, 1.82) is 0 Å². The molecule has 0 amide bonds. The molecule has 0 aliphatic rings. The number of para-hydroxylation sites is 1. The van der Waals surface area contributed by atoms with Gasteiger partial charge < -0.3 is 14.8 Å². The van der Waals surface area contributed by atoms with Crippen molar-refractivity contribution in [3.05, 3.63) is 54.6 Å². The Bertz CT molecular complexity index is 584. The largest absolute Gasteiger partial charge is 0.464 e. The predicted molar refractivity (Wildman–Crippen MR) is 82.7 cm³/mol. The molecule has 0 aliphatic heterocycles. The number of rotatable bonds is 6. The molecule has 4 heteroatoms. The van der Waals surface area contributed by atoms with Crippen LogP contribution in [0.5, 0.6) is 11.5 Å². The van der Waals surface area contributed by atoms with Crippen molar-refractivity contribution in [2.75, 3.05) is 11.9 Å². The molecule has 4 nitrogen and oxygen atoms in total. The van der Waals surface area contributed by atoms with Gasteiger partial charge in [-0.2, -0.15) is 0 Å². The van der Waals surface area contributed by atoms with E-state index in [0.717, 1.165) is 11.4 Å². The van der Waals surface area contributed by atoms with Crippen molar-refractivity contribution in [3.8, 4) is 11.5 Å². The summed E-state index contributed by atoms with van der Waals surface area (Å²) in [4.78, 5) is 11.6. The minimum Gasteiger partial charge on any atom is -0.464 e. The highest BCUT2D eigenvalue weighted by Crippen LogP contribution is 2.24. The number of carbonyl (C=O) groups excluding carboxylic acids is 1. The van der Waals surface area contributed by atoms with E-state index in [0.29, 0.717) is 12.4 Å². The van der Waals surface area contributed by atoms with E-state index in [9.17, 15) is 4.79 Å². The van der Waals surface area contributed by atoms with E-state index in [1.807, 2.05) is 54.6 Å². The van der Waals surface area contributed by atoms with Crippen molar-refractivity contribution in [3.63, 3.8) is 0 Å². The molecule has 1 N–H and O–H groups in total. The summed E-state index contributed by atoms with van der Waals surface area (Å²) in [5.74, 6) is 1.21. The fourth-order valence-electron chi connectivity index (χ4n) is 1.85. The Morgan fingerprint density at radius 1 is 1.10 bits per heavy atom. The zero-order valence-corrected chi connectivity index (χ0v) is 12.2. The van der Waals surface area contributed by atoms with Crippen LogP contribution < -0.4 is 10.1 Å². The molecule has 2 aromatic carbocycles. The smallest absolute Gasteiger partial charge is 0.328 e. The van der Waals surface area contributed by atoms with E-state index in [-0.39, 0.29) is 5.97 Å². The third-order valence-corrected chi connectivity index (χ3v) is 2.84. The Hall–Kier alpha value is -2.49. The number of anilines is 1. The first kappa shape index (κ1) is 14.9. The van der Waals surface area contributed by atoms with E-state index in [1.54, 1.807) is 13.8 Å². The summed E-state index contributed by atoms with van der Waals surface area (Å²) < 4.78 is 10.7. The van der Waals surface area contributed by atoms with Gasteiger partial charge in [-0.05, 0) is 38.1 Å². The SMILES string of the molecule is CCOC(=O)C(C)Nc1cccc(Oc2ccccc2)c1. The van der Waals surface area contributed by atoms with Gasteiger partial charge in [-0.3, -0.25) is 0 Å². The van der Waals surface area contributed by atoms with Crippen molar-refractivity contribution in [1.82, 2.24) is 0 Å². The monoisotopic (exact) mass is 285 g/mol. The van der Waals surface area contributed by atoms with Crippen LogP contribution in [0.1, 0.15) is 13.8 Å². The number of hydrogen-bond donors (Lipinski definition) is 1. The molecule has 0 spiro atoms. The fraction of sp³-hybridized carbons (Fsp3) is 0.235. The molecule has 1 atom stereocenters. The fourth-order valence-corrected chi connectivity index (χ4v) is 1.85. The van der Waals surface area contributed by atoms with Gasteiger partial charge in [-0.1, -0.05) is 24.3 Å². The quantitative estimate of drug-likeness (QED) is 0.819. The van der Waals surface area contributed by atoms with Gasteiger partial charge in [0.15, 0.2) is 0 Å². The summed E-state index contributed by atoms with van der Waals surface area (Å²) in [6.07, 6.45) is 0. The lowest BCUT2D eigenvalue weighted by molar-refractivity contribution is -0.143. The second-order valence-electron chi connectivity index (χ2n) is 4.56. The highest BCUT2D eigenvalue weighted by atomic mass is 16.5. The first-order chi connectivity index (χ1) is 10.2. The highest BCUT2D eigenvalue weighted by molar-refractivity contribution is 5.78. The third kappa shape index (κ3) is 4.53. The van der Waals surface area contributed by atoms with E-state index >= 15 is 0 Å². The molecule has 0 saturated carbocycles. The molecule has 110 valence electrons. The van der Waals surface area contributed by atoms with Crippen molar-refractivity contribution < 1.29 is 14.3 Å². The Kier molecular flexibility index (Phi) is 5.21. The van der Waals surface area contributed by atoms with Gasteiger partial charge >= 0.3 is 5.97 Å². The van der Waals surface area contributed by atoms with E-state index < -0.39 is 6.04 Å². The van der Waals surface area contributed by atoms with Crippen LogP contribution in [-0.2, 0) is 9.53 Å². The Morgan fingerprint density at radius 2 is 1.81 bits per heavy atom. The topological polar surface area (TPSA) is 47.6 Å². The zero-order valence-electron chi connectivity index (χ0n) is 12.2. The molecule has 0 aromatic heterocycles.